The van der Waals surface area contributed by atoms with Gasteiger partial charge in [-0.05, 0) is 12.5 Å². The minimum Gasteiger partial charge on any atom is -0.464 e. The number of benzene rings is 1. The molecule has 2 aromatic rings. The SMILES string of the molecule is C#CC1CC(OC(C)=O)OC1COC(Cc1ccc([N+](=O)[O-])cc1)(C(=O)OCC)c1cscn1.CC. The number of esters is 2. The second-order valence-electron chi connectivity index (χ2n) is 7.55. The van der Waals surface area contributed by atoms with Crippen molar-refractivity contribution >= 4 is 29.0 Å². The van der Waals surface area contributed by atoms with Gasteiger partial charge in [0.25, 0.3) is 5.69 Å². The van der Waals surface area contributed by atoms with Gasteiger partial charge in [-0.15, -0.1) is 23.7 Å². The van der Waals surface area contributed by atoms with E-state index in [9.17, 15) is 19.7 Å². The highest BCUT2D eigenvalue weighted by atomic mass is 32.1. The summed E-state index contributed by atoms with van der Waals surface area (Å²) in [6.07, 6.45) is 4.50. The molecule has 0 N–H and O–H groups in total. The van der Waals surface area contributed by atoms with Crippen LogP contribution in [-0.2, 0) is 40.6 Å². The van der Waals surface area contributed by atoms with E-state index in [1.807, 2.05) is 13.8 Å². The lowest BCUT2D eigenvalue weighted by Gasteiger charge is -2.31. The molecular weight excluding hydrogens is 488 g/mol. The van der Waals surface area contributed by atoms with E-state index in [2.05, 4.69) is 10.9 Å². The minimum absolute atomic E-state index is 0.00831. The zero-order valence-corrected chi connectivity index (χ0v) is 21.5. The fourth-order valence-corrected chi connectivity index (χ4v) is 4.27. The summed E-state index contributed by atoms with van der Waals surface area (Å²) in [5.41, 5.74) is 0.781. The molecule has 1 aromatic carbocycles. The molecule has 36 heavy (non-hydrogen) atoms. The standard InChI is InChI=1S/C23H24N2O8S.C2H6/c1-4-17-10-21(32-15(3)26)33-19(17)12-31-23(22(27)30-5-2,20-13-34-14-24-20)11-16-6-8-18(9-7-16)25(28)29;1-2/h1,6-9,13-14,17,19,21H,5,10-12H2,2-3H3;1-2H3. The summed E-state index contributed by atoms with van der Waals surface area (Å²) in [6.45, 7) is 6.95. The van der Waals surface area contributed by atoms with Crippen LogP contribution in [0.5, 0.6) is 0 Å². The van der Waals surface area contributed by atoms with Crippen molar-refractivity contribution in [2.75, 3.05) is 13.2 Å². The number of terminal acetylenes is 1. The number of nitrogens with zero attached hydrogens (tertiary/aromatic N) is 2. The minimum atomic E-state index is -1.64. The van der Waals surface area contributed by atoms with Crippen molar-refractivity contribution in [3.63, 3.8) is 0 Å². The van der Waals surface area contributed by atoms with Gasteiger partial charge in [-0.25, -0.2) is 9.78 Å². The molecule has 11 heteroatoms. The molecule has 1 saturated heterocycles. The lowest BCUT2D eigenvalue weighted by Crippen LogP contribution is -2.45. The molecule has 3 rings (SSSR count). The van der Waals surface area contributed by atoms with Gasteiger partial charge >= 0.3 is 11.9 Å². The van der Waals surface area contributed by atoms with Gasteiger partial charge in [0.05, 0.1) is 41.4 Å². The first kappa shape index (κ1) is 28.9. The van der Waals surface area contributed by atoms with Gasteiger partial charge in [0.15, 0.2) is 0 Å². The molecule has 0 amide bonds. The Morgan fingerprint density at radius 2 is 2.03 bits per heavy atom. The first-order chi connectivity index (χ1) is 17.3. The van der Waals surface area contributed by atoms with Crippen LogP contribution in [0.3, 0.4) is 0 Å². The Bertz CT molecular complexity index is 1050. The number of carbonyl (C=O) groups is 2. The number of carbonyl (C=O) groups excluding carboxylic acids is 2. The molecule has 0 radical (unpaired) electrons. The molecule has 1 aromatic heterocycles. The van der Waals surface area contributed by atoms with E-state index in [1.165, 1.54) is 30.4 Å². The molecule has 0 bridgehead atoms. The number of nitro groups is 1. The summed E-state index contributed by atoms with van der Waals surface area (Å²) in [4.78, 5) is 39.4. The largest absolute Gasteiger partial charge is 0.464 e. The first-order valence-corrected chi connectivity index (χ1v) is 12.4. The third-order valence-corrected chi connectivity index (χ3v) is 5.87. The van der Waals surface area contributed by atoms with Crippen molar-refractivity contribution in [2.45, 2.75) is 58.5 Å². The fraction of sp³-hybridized carbons (Fsp3) is 0.480. The highest BCUT2D eigenvalue weighted by Gasteiger charge is 2.47. The Hall–Kier alpha value is -3.33. The third kappa shape index (κ3) is 7.10. The van der Waals surface area contributed by atoms with Gasteiger partial charge in [-0.1, -0.05) is 26.0 Å². The van der Waals surface area contributed by atoms with E-state index in [0.29, 0.717) is 17.7 Å². The zero-order valence-electron chi connectivity index (χ0n) is 20.7. The fourth-order valence-electron chi connectivity index (χ4n) is 3.65. The highest BCUT2D eigenvalue weighted by Crippen LogP contribution is 2.35. The lowest BCUT2D eigenvalue weighted by molar-refractivity contribution is -0.384. The van der Waals surface area contributed by atoms with Crippen molar-refractivity contribution in [1.29, 1.82) is 0 Å². The van der Waals surface area contributed by atoms with Gasteiger partial charge in [-0.3, -0.25) is 14.9 Å². The summed E-state index contributed by atoms with van der Waals surface area (Å²) in [7, 11) is 0. The van der Waals surface area contributed by atoms with E-state index in [4.69, 9.17) is 25.4 Å². The van der Waals surface area contributed by atoms with Crippen LogP contribution in [0.25, 0.3) is 0 Å². The molecule has 10 nitrogen and oxygen atoms in total. The van der Waals surface area contributed by atoms with Gasteiger partial charge < -0.3 is 18.9 Å². The molecule has 0 aliphatic carbocycles. The maximum absolute atomic E-state index is 13.3. The normalized spacial score (nSPS) is 20.2. The summed E-state index contributed by atoms with van der Waals surface area (Å²) >= 11 is 1.28. The van der Waals surface area contributed by atoms with Crippen molar-refractivity contribution in [1.82, 2.24) is 4.98 Å². The van der Waals surface area contributed by atoms with Crippen molar-refractivity contribution in [2.24, 2.45) is 5.92 Å². The smallest absolute Gasteiger partial charge is 0.345 e. The Labute approximate surface area is 214 Å². The summed E-state index contributed by atoms with van der Waals surface area (Å²) in [6, 6.07) is 5.80. The van der Waals surface area contributed by atoms with E-state index in [0.717, 1.165) is 0 Å². The Balaban J connectivity index is 0.00000222. The molecule has 1 aliphatic heterocycles. The molecule has 4 unspecified atom stereocenters. The van der Waals surface area contributed by atoms with Gasteiger partial charge in [0.1, 0.15) is 0 Å². The van der Waals surface area contributed by atoms with Crippen LogP contribution >= 0.6 is 11.3 Å². The maximum Gasteiger partial charge on any atom is 0.345 e. The topological polar surface area (TPSA) is 127 Å². The average Bonchev–Trinajstić information content (AvgIpc) is 3.53. The van der Waals surface area contributed by atoms with Crippen molar-refractivity contribution in [3.8, 4) is 12.3 Å². The number of non-ortho nitro benzene ring substituents is 1. The number of nitro benzene ring substituents is 1. The van der Waals surface area contributed by atoms with E-state index in [-0.39, 0.29) is 25.3 Å². The Kier molecular flexibility index (Phi) is 11.0. The number of rotatable bonds is 10. The molecule has 1 fully saturated rings. The van der Waals surface area contributed by atoms with Crippen LogP contribution in [0.15, 0.2) is 35.2 Å². The Morgan fingerprint density at radius 1 is 1.33 bits per heavy atom. The number of thiazole rings is 1. The maximum atomic E-state index is 13.3. The van der Waals surface area contributed by atoms with Crippen LogP contribution < -0.4 is 0 Å². The molecule has 2 heterocycles. The van der Waals surface area contributed by atoms with E-state index in [1.54, 1.807) is 29.9 Å². The van der Waals surface area contributed by atoms with E-state index < -0.39 is 40.8 Å². The lowest BCUT2D eigenvalue weighted by atomic mass is 9.90. The number of hydrogen-bond acceptors (Lipinski definition) is 10. The van der Waals surface area contributed by atoms with Crippen molar-refractivity contribution in [3.05, 3.63) is 56.5 Å². The quantitative estimate of drug-likeness (QED) is 0.198. The molecule has 1 aliphatic rings. The summed E-state index contributed by atoms with van der Waals surface area (Å²) in [5, 5.41) is 12.7. The van der Waals surface area contributed by atoms with Crippen LogP contribution in [0.2, 0.25) is 0 Å². The summed E-state index contributed by atoms with van der Waals surface area (Å²) in [5.74, 6) is 1.06. The number of ether oxygens (including phenoxy) is 4. The molecule has 0 saturated carbocycles. The third-order valence-electron chi connectivity index (χ3n) is 5.28. The number of hydrogen-bond donors (Lipinski definition) is 0. The second kappa shape index (κ2) is 13.7. The average molecular weight is 519 g/mol. The monoisotopic (exact) mass is 518 g/mol. The van der Waals surface area contributed by atoms with E-state index >= 15 is 0 Å². The first-order valence-electron chi connectivity index (χ1n) is 11.5. The second-order valence-corrected chi connectivity index (χ2v) is 8.27. The van der Waals surface area contributed by atoms with Crippen LogP contribution in [0.1, 0.15) is 45.4 Å². The van der Waals surface area contributed by atoms with Gasteiger partial charge in [0, 0.05) is 37.3 Å². The number of aromatic nitrogens is 1. The molecule has 0 spiro atoms. The van der Waals surface area contributed by atoms with Crippen LogP contribution in [-0.4, -0.2) is 47.5 Å². The van der Waals surface area contributed by atoms with Crippen molar-refractivity contribution < 1.29 is 33.5 Å². The summed E-state index contributed by atoms with van der Waals surface area (Å²) < 4.78 is 22.4. The van der Waals surface area contributed by atoms with Gasteiger partial charge in [0.2, 0.25) is 11.9 Å². The molecule has 194 valence electrons. The predicted molar refractivity (Wildman–Crippen MR) is 132 cm³/mol. The highest BCUT2D eigenvalue weighted by molar-refractivity contribution is 7.07. The van der Waals surface area contributed by atoms with Crippen LogP contribution in [0.4, 0.5) is 5.69 Å². The zero-order chi connectivity index (χ0) is 26.7. The predicted octanol–water partition coefficient (Wildman–Crippen LogP) is 4.02. The molecular formula is C25H30N2O8S. The van der Waals surface area contributed by atoms with Crippen LogP contribution in [0, 0.1) is 28.4 Å². The van der Waals surface area contributed by atoms with Gasteiger partial charge in [-0.2, -0.15) is 0 Å². The molecule has 4 atom stereocenters. The Morgan fingerprint density at radius 3 is 2.56 bits per heavy atom.